The first kappa shape index (κ1) is 11.0. The third-order valence-electron chi connectivity index (χ3n) is 2.94. The first-order valence-corrected chi connectivity index (χ1v) is 5.68. The molecule has 0 unspecified atom stereocenters. The fourth-order valence-electron chi connectivity index (χ4n) is 1.94. The van der Waals surface area contributed by atoms with Crippen molar-refractivity contribution in [2.24, 2.45) is 0 Å². The lowest BCUT2D eigenvalue weighted by Crippen LogP contribution is -2.49. The van der Waals surface area contributed by atoms with Crippen molar-refractivity contribution in [1.82, 2.24) is 0 Å². The second kappa shape index (κ2) is 5.61. The van der Waals surface area contributed by atoms with Gasteiger partial charge in [-0.2, -0.15) is 0 Å². The van der Waals surface area contributed by atoms with E-state index in [4.69, 9.17) is 4.74 Å². The minimum atomic E-state index is 0.931. The minimum absolute atomic E-state index is 0.931. The molecule has 0 aromatic carbocycles. The van der Waals surface area contributed by atoms with Gasteiger partial charge in [0.15, 0.2) is 6.73 Å². The van der Waals surface area contributed by atoms with Crippen molar-refractivity contribution >= 4 is 0 Å². The highest BCUT2D eigenvalue weighted by atomic mass is 16.5. The quantitative estimate of drug-likeness (QED) is 0.473. The smallest absolute Gasteiger partial charge is 0.182 e. The summed E-state index contributed by atoms with van der Waals surface area (Å²) in [4.78, 5) is 0. The molecule has 78 valence electrons. The average molecular weight is 186 g/mol. The molecule has 0 aromatic heterocycles. The Hall–Kier alpha value is -0.0800. The molecule has 1 fully saturated rings. The van der Waals surface area contributed by atoms with E-state index in [-0.39, 0.29) is 0 Å². The predicted octanol–water partition coefficient (Wildman–Crippen LogP) is 2.39. The maximum absolute atomic E-state index is 5.69. The number of likely N-dealkylation sites (tertiary alicyclic amines) is 1. The van der Waals surface area contributed by atoms with Gasteiger partial charge in [0.05, 0.1) is 26.7 Å². The number of ether oxygens (including phenoxy) is 1. The third-order valence-corrected chi connectivity index (χ3v) is 2.94. The number of nitrogens with zero attached hydrogens (tertiary/aromatic N) is 1. The van der Waals surface area contributed by atoms with Crippen molar-refractivity contribution in [2.75, 3.05) is 33.5 Å². The van der Waals surface area contributed by atoms with Crippen LogP contribution in [0.3, 0.4) is 0 Å². The van der Waals surface area contributed by atoms with Gasteiger partial charge in [0.2, 0.25) is 0 Å². The van der Waals surface area contributed by atoms with E-state index in [1.54, 1.807) is 0 Å². The Balaban J connectivity index is 2.10. The fraction of sp³-hybridized carbons (Fsp3) is 1.00. The number of quaternary nitrogens is 1. The molecule has 0 bridgehead atoms. The van der Waals surface area contributed by atoms with Crippen LogP contribution in [0.25, 0.3) is 0 Å². The van der Waals surface area contributed by atoms with E-state index >= 15 is 0 Å². The fourth-order valence-corrected chi connectivity index (χ4v) is 1.94. The molecule has 0 saturated carbocycles. The Morgan fingerprint density at radius 3 is 2.46 bits per heavy atom. The maximum Gasteiger partial charge on any atom is 0.182 e. The van der Waals surface area contributed by atoms with Crippen molar-refractivity contribution in [2.45, 2.75) is 39.0 Å². The Morgan fingerprint density at radius 2 is 1.85 bits per heavy atom. The lowest BCUT2D eigenvalue weighted by Gasteiger charge is -2.37. The van der Waals surface area contributed by atoms with Crippen LogP contribution in [0, 0.1) is 0 Å². The zero-order valence-corrected chi connectivity index (χ0v) is 9.22. The van der Waals surface area contributed by atoms with Crippen LogP contribution in [0.5, 0.6) is 0 Å². The van der Waals surface area contributed by atoms with Crippen molar-refractivity contribution < 1.29 is 9.22 Å². The van der Waals surface area contributed by atoms with Crippen LogP contribution in [0.4, 0.5) is 0 Å². The van der Waals surface area contributed by atoms with E-state index in [9.17, 15) is 0 Å². The van der Waals surface area contributed by atoms with Crippen molar-refractivity contribution in [3.05, 3.63) is 0 Å². The van der Waals surface area contributed by atoms with Gasteiger partial charge >= 0.3 is 0 Å². The van der Waals surface area contributed by atoms with E-state index in [2.05, 4.69) is 14.0 Å². The van der Waals surface area contributed by atoms with Crippen molar-refractivity contribution in [1.29, 1.82) is 0 Å². The predicted molar refractivity (Wildman–Crippen MR) is 55.5 cm³/mol. The molecule has 0 aliphatic carbocycles. The summed E-state index contributed by atoms with van der Waals surface area (Å²) in [6, 6.07) is 0. The summed E-state index contributed by atoms with van der Waals surface area (Å²) >= 11 is 0. The number of rotatable bonds is 5. The summed E-state index contributed by atoms with van der Waals surface area (Å²) in [5.74, 6) is 0. The molecular weight excluding hydrogens is 162 g/mol. The van der Waals surface area contributed by atoms with Crippen molar-refractivity contribution in [3.63, 3.8) is 0 Å². The van der Waals surface area contributed by atoms with Gasteiger partial charge in [0.25, 0.3) is 0 Å². The van der Waals surface area contributed by atoms with Crippen LogP contribution in [0.15, 0.2) is 0 Å². The third kappa shape index (κ3) is 4.10. The molecule has 0 radical (unpaired) electrons. The van der Waals surface area contributed by atoms with Crippen LogP contribution in [0.2, 0.25) is 0 Å². The molecule has 1 saturated heterocycles. The Morgan fingerprint density at radius 1 is 1.15 bits per heavy atom. The molecule has 1 heterocycles. The molecule has 0 atom stereocenters. The van der Waals surface area contributed by atoms with Gasteiger partial charge < -0.3 is 9.22 Å². The van der Waals surface area contributed by atoms with Gasteiger partial charge in [0, 0.05) is 0 Å². The molecule has 0 amide bonds. The molecule has 13 heavy (non-hydrogen) atoms. The SMILES string of the molecule is CCCCOC[N+]1(C)CCCCC1. The van der Waals surface area contributed by atoms with E-state index in [0.717, 1.165) is 17.8 Å². The van der Waals surface area contributed by atoms with E-state index in [1.807, 2.05) is 0 Å². The highest BCUT2D eigenvalue weighted by Gasteiger charge is 2.24. The molecule has 0 aromatic rings. The van der Waals surface area contributed by atoms with Crippen LogP contribution >= 0.6 is 0 Å². The summed E-state index contributed by atoms with van der Waals surface area (Å²) in [6.07, 6.45) is 6.63. The summed E-state index contributed by atoms with van der Waals surface area (Å²) in [5.41, 5.74) is 0. The average Bonchev–Trinajstić information content (AvgIpc) is 2.14. The van der Waals surface area contributed by atoms with Crippen molar-refractivity contribution in [3.8, 4) is 0 Å². The first-order valence-electron chi connectivity index (χ1n) is 5.68. The molecule has 1 aliphatic heterocycles. The zero-order chi connectivity index (χ0) is 9.57. The second-order valence-corrected chi connectivity index (χ2v) is 4.52. The van der Waals surface area contributed by atoms with Gasteiger partial charge in [-0.1, -0.05) is 13.3 Å². The molecular formula is C11H24NO+. The summed E-state index contributed by atoms with van der Waals surface area (Å²) in [6.45, 7) is 6.71. The first-order chi connectivity index (χ1) is 6.27. The number of unbranched alkanes of at least 4 members (excludes halogenated alkanes) is 1. The highest BCUT2D eigenvalue weighted by Crippen LogP contribution is 2.15. The number of hydrogen-bond acceptors (Lipinski definition) is 1. The molecule has 1 rings (SSSR count). The second-order valence-electron chi connectivity index (χ2n) is 4.52. The maximum atomic E-state index is 5.69. The molecule has 0 N–H and O–H groups in total. The monoisotopic (exact) mass is 186 g/mol. The number of hydrogen-bond donors (Lipinski definition) is 0. The number of piperidine rings is 1. The molecule has 2 nitrogen and oxygen atoms in total. The van der Waals surface area contributed by atoms with Gasteiger partial charge in [0.1, 0.15) is 0 Å². The van der Waals surface area contributed by atoms with Gasteiger partial charge in [-0.15, -0.1) is 0 Å². The molecule has 1 aliphatic rings. The standard InChI is InChI=1S/C11H24NO/c1-3-4-10-13-11-12(2)8-6-5-7-9-12/h3-11H2,1-2H3/q+1. The molecule has 2 heteroatoms. The lowest BCUT2D eigenvalue weighted by molar-refractivity contribution is -0.932. The molecule has 0 spiro atoms. The van der Waals surface area contributed by atoms with Crippen LogP contribution in [0.1, 0.15) is 39.0 Å². The summed E-state index contributed by atoms with van der Waals surface area (Å²) in [7, 11) is 2.32. The van der Waals surface area contributed by atoms with Gasteiger partial charge in [-0.3, -0.25) is 0 Å². The Bertz CT molecular complexity index is 130. The topological polar surface area (TPSA) is 9.23 Å². The summed E-state index contributed by atoms with van der Waals surface area (Å²) < 4.78 is 6.83. The Kier molecular flexibility index (Phi) is 4.74. The highest BCUT2D eigenvalue weighted by molar-refractivity contribution is 4.49. The summed E-state index contributed by atoms with van der Waals surface area (Å²) in [5, 5.41) is 0. The Labute approximate surface area is 82.5 Å². The lowest BCUT2D eigenvalue weighted by atomic mass is 10.1. The van der Waals surface area contributed by atoms with Crippen LogP contribution < -0.4 is 0 Å². The zero-order valence-electron chi connectivity index (χ0n) is 9.22. The van der Waals surface area contributed by atoms with Crippen LogP contribution in [-0.4, -0.2) is 38.0 Å². The van der Waals surface area contributed by atoms with E-state index < -0.39 is 0 Å². The van der Waals surface area contributed by atoms with Gasteiger partial charge in [-0.05, 0) is 25.7 Å². The van der Waals surface area contributed by atoms with Crippen LogP contribution in [-0.2, 0) is 4.74 Å². The normalized spacial score (nSPS) is 21.7. The van der Waals surface area contributed by atoms with E-state index in [0.29, 0.717) is 0 Å². The largest absolute Gasteiger partial charge is 0.332 e. The van der Waals surface area contributed by atoms with E-state index in [1.165, 1.54) is 45.2 Å². The minimum Gasteiger partial charge on any atom is -0.332 e. The van der Waals surface area contributed by atoms with Gasteiger partial charge in [-0.25, -0.2) is 0 Å².